The Bertz CT molecular complexity index is 476. The molecule has 116 valence electrons. The van der Waals surface area contributed by atoms with E-state index in [0.29, 0.717) is 12.3 Å². The van der Waals surface area contributed by atoms with E-state index in [4.69, 9.17) is 0 Å². The lowest BCUT2D eigenvalue weighted by Gasteiger charge is -2.32. The molecule has 4 heteroatoms. The fourth-order valence-corrected chi connectivity index (χ4v) is 3.37. The first kappa shape index (κ1) is 16.0. The van der Waals surface area contributed by atoms with Crippen LogP contribution in [0.25, 0.3) is 0 Å². The van der Waals surface area contributed by atoms with Gasteiger partial charge in [0, 0.05) is 23.9 Å². The van der Waals surface area contributed by atoms with Gasteiger partial charge in [0.05, 0.1) is 0 Å². The molecule has 0 saturated heterocycles. The molecule has 2 rings (SSSR count). The molecule has 0 bridgehead atoms. The van der Waals surface area contributed by atoms with E-state index < -0.39 is 12.0 Å². The van der Waals surface area contributed by atoms with E-state index in [2.05, 4.69) is 23.3 Å². The van der Waals surface area contributed by atoms with E-state index in [1.165, 1.54) is 11.3 Å². The molecule has 0 aromatic carbocycles. The summed E-state index contributed by atoms with van der Waals surface area (Å²) in [6.45, 7) is 4.13. The number of nitrogens with zero attached hydrogens (tertiary/aromatic N) is 1. The number of hydrogen-bond acceptors (Lipinski definition) is 3. The van der Waals surface area contributed by atoms with Gasteiger partial charge in [-0.3, -0.25) is 9.78 Å². The summed E-state index contributed by atoms with van der Waals surface area (Å²) >= 11 is 0. The molecule has 1 aliphatic rings. The molecule has 0 aliphatic heterocycles. The van der Waals surface area contributed by atoms with Crippen molar-refractivity contribution >= 4 is 5.97 Å². The van der Waals surface area contributed by atoms with E-state index in [1.54, 1.807) is 0 Å². The van der Waals surface area contributed by atoms with Crippen LogP contribution in [0.2, 0.25) is 0 Å². The van der Waals surface area contributed by atoms with Gasteiger partial charge in [-0.15, -0.1) is 0 Å². The average Bonchev–Trinajstić information content (AvgIpc) is 2.47. The Kier molecular flexibility index (Phi) is 5.74. The van der Waals surface area contributed by atoms with Gasteiger partial charge in [-0.25, -0.2) is 0 Å². The fraction of sp³-hybridized carbons (Fsp3) is 0.647. The molecular formula is C17H26N2O2. The third-order valence-corrected chi connectivity index (χ3v) is 4.42. The summed E-state index contributed by atoms with van der Waals surface area (Å²) in [5.74, 6) is -0.276. The van der Waals surface area contributed by atoms with Crippen LogP contribution < -0.4 is 5.32 Å². The van der Waals surface area contributed by atoms with E-state index >= 15 is 0 Å². The van der Waals surface area contributed by atoms with Gasteiger partial charge >= 0.3 is 5.97 Å². The van der Waals surface area contributed by atoms with Crippen molar-refractivity contribution in [2.24, 2.45) is 0 Å². The SMILES string of the molecule is CCCC(NC1CCCC(c2ncccc2C)C1)C(=O)O. The summed E-state index contributed by atoms with van der Waals surface area (Å²) in [6.07, 6.45) is 7.79. The summed E-state index contributed by atoms with van der Waals surface area (Å²) in [5.41, 5.74) is 2.43. The van der Waals surface area contributed by atoms with Gasteiger partial charge in [0.25, 0.3) is 0 Å². The van der Waals surface area contributed by atoms with Crippen LogP contribution in [0, 0.1) is 6.92 Å². The number of carbonyl (C=O) groups is 1. The highest BCUT2D eigenvalue weighted by Crippen LogP contribution is 2.33. The number of carboxylic acids is 1. The third-order valence-electron chi connectivity index (χ3n) is 4.42. The van der Waals surface area contributed by atoms with Gasteiger partial charge in [-0.2, -0.15) is 0 Å². The lowest BCUT2D eigenvalue weighted by atomic mass is 9.82. The zero-order valence-electron chi connectivity index (χ0n) is 13.0. The third kappa shape index (κ3) is 4.27. The zero-order chi connectivity index (χ0) is 15.2. The highest BCUT2D eigenvalue weighted by molar-refractivity contribution is 5.73. The van der Waals surface area contributed by atoms with Crippen molar-refractivity contribution in [3.8, 4) is 0 Å². The van der Waals surface area contributed by atoms with Gasteiger partial charge in [-0.05, 0) is 44.2 Å². The smallest absolute Gasteiger partial charge is 0.320 e. The molecule has 1 aromatic rings. The topological polar surface area (TPSA) is 62.2 Å². The van der Waals surface area contributed by atoms with Crippen LogP contribution in [0.5, 0.6) is 0 Å². The van der Waals surface area contributed by atoms with E-state index in [9.17, 15) is 9.90 Å². The van der Waals surface area contributed by atoms with Crippen molar-refractivity contribution in [1.82, 2.24) is 10.3 Å². The number of carboxylic acid groups (broad SMARTS) is 1. The first-order valence-corrected chi connectivity index (χ1v) is 8.02. The molecule has 1 heterocycles. The fourth-order valence-electron chi connectivity index (χ4n) is 3.37. The van der Waals surface area contributed by atoms with Crippen LogP contribution in [0.3, 0.4) is 0 Å². The molecule has 0 spiro atoms. The van der Waals surface area contributed by atoms with Crippen molar-refractivity contribution in [2.75, 3.05) is 0 Å². The van der Waals surface area contributed by atoms with E-state index in [1.807, 2.05) is 19.2 Å². The molecule has 1 saturated carbocycles. The minimum atomic E-state index is -0.729. The molecule has 0 amide bonds. The highest BCUT2D eigenvalue weighted by atomic mass is 16.4. The largest absolute Gasteiger partial charge is 0.480 e. The second kappa shape index (κ2) is 7.55. The molecule has 2 N–H and O–H groups in total. The predicted octanol–water partition coefficient (Wildman–Crippen LogP) is 3.26. The summed E-state index contributed by atoms with van der Waals surface area (Å²) in [6, 6.07) is 3.96. The van der Waals surface area contributed by atoms with Crippen molar-refractivity contribution in [2.45, 2.75) is 70.4 Å². The highest BCUT2D eigenvalue weighted by Gasteiger charge is 2.28. The molecule has 0 radical (unpaired) electrons. The zero-order valence-corrected chi connectivity index (χ0v) is 13.0. The van der Waals surface area contributed by atoms with Crippen molar-refractivity contribution in [3.63, 3.8) is 0 Å². The summed E-state index contributed by atoms with van der Waals surface area (Å²) in [4.78, 5) is 15.8. The van der Waals surface area contributed by atoms with Crippen LogP contribution in [0.1, 0.15) is 62.6 Å². The van der Waals surface area contributed by atoms with Gasteiger partial charge < -0.3 is 10.4 Å². The maximum Gasteiger partial charge on any atom is 0.320 e. The van der Waals surface area contributed by atoms with Crippen LogP contribution in [-0.4, -0.2) is 28.1 Å². The minimum absolute atomic E-state index is 0.290. The number of pyridine rings is 1. The quantitative estimate of drug-likeness (QED) is 0.844. The lowest BCUT2D eigenvalue weighted by molar-refractivity contribution is -0.140. The Morgan fingerprint density at radius 2 is 2.33 bits per heavy atom. The Hall–Kier alpha value is -1.42. The van der Waals surface area contributed by atoms with Crippen LogP contribution in [-0.2, 0) is 4.79 Å². The van der Waals surface area contributed by atoms with E-state index in [0.717, 1.165) is 32.1 Å². The van der Waals surface area contributed by atoms with Crippen LogP contribution in [0.15, 0.2) is 18.3 Å². The standard InChI is InChI=1S/C17H26N2O2/c1-3-6-15(17(20)21)19-14-9-4-8-13(11-14)16-12(2)7-5-10-18-16/h5,7,10,13-15,19H,3-4,6,8-9,11H2,1-2H3,(H,20,21). The predicted molar refractivity (Wildman–Crippen MR) is 83.4 cm³/mol. The molecule has 1 aliphatic carbocycles. The van der Waals surface area contributed by atoms with Gasteiger partial charge in [-0.1, -0.05) is 25.8 Å². The van der Waals surface area contributed by atoms with Gasteiger partial charge in [0.1, 0.15) is 6.04 Å². The Morgan fingerprint density at radius 1 is 1.52 bits per heavy atom. The van der Waals surface area contributed by atoms with E-state index in [-0.39, 0.29) is 6.04 Å². The maximum absolute atomic E-state index is 11.3. The molecule has 1 aromatic heterocycles. The number of aromatic nitrogens is 1. The first-order valence-electron chi connectivity index (χ1n) is 8.02. The second-order valence-corrected chi connectivity index (χ2v) is 6.11. The molecule has 4 nitrogen and oxygen atoms in total. The van der Waals surface area contributed by atoms with Crippen molar-refractivity contribution in [3.05, 3.63) is 29.6 Å². The normalized spacial score (nSPS) is 23.7. The lowest BCUT2D eigenvalue weighted by Crippen LogP contribution is -2.45. The maximum atomic E-state index is 11.3. The summed E-state index contributed by atoms with van der Waals surface area (Å²) in [7, 11) is 0. The number of rotatable bonds is 6. The van der Waals surface area contributed by atoms with Gasteiger partial charge in [0.2, 0.25) is 0 Å². The Morgan fingerprint density at radius 3 is 3.00 bits per heavy atom. The number of hydrogen-bond donors (Lipinski definition) is 2. The number of aliphatic carboxylic acids is 1. The second-order valence-electron chi connectivity index (χ2n) is 6.11. The van der Waals surface area contributed by atoms with Crippen molar-refractivity contribution < 1.29 is 9.90 Å². The van der Waals surface area contributed by atoms with Crippen LogP contribution >= 0.6 is 0 Å². The molecule has 3 unspecified atom stereocenters. The molecule has 21 heavy (non-hydrogen) atoms. The first-order chi connectivity index (χ1) is 10.1. The van der Waals surface area contributed by atoms with Crippen LogP contribution in [0.4, 0.5) is 0 Å². The molecule has 1 fully saturated rings. The molecular weight excluding hydrogens is 264 g/mol. The number of aryl methyl sites for hydroxylation is 1. The minimum Gasteiger partial charge on any atom is -0.480 e. The number of nitrogens with one attached hydrogen (secondary N) is 1. The van der Waals surface area contributed by atoms with Gasteiger partial charge in [0.15, 0.2) is 0 Å². The monoisotopic (exact) mass is 290 g/mol. The Balaban J connectivity index is 2.00. The Labute approximate surface area is 127 Å². The summed E-state index contributed by atoms with van der Waals surface area (Å²) < 4.78 is 0. The summed E-state index contributed by atoms with van der Waals surface area (Å²) in [5, 5.41) is 12.6. The molecule has 3 atom stereocenters. The average molecular weight is 290 g/mol. The van der Waals surface area contributed by atoms with Crippen molar-refractivity contribution in [1.29, 1.82) is 0 Å².